The minimum Gasteiger partial charge on any atom is -0.466 e. The van der Waals surface area contributed by atoms with Crippen molar-refractivity contribution in [2.45, 2.75) is 58.4 Å². The highest BCUT2D eigenvalue weighted by molar-refractivity contribution is 7.99. The number of carbonyl (C=O) groups is 2. The van der Waals surface area contributed by atoms with Crippen LogP contribution in [-0.2, 0) is 9.53 Å². The molecule has 7 nitrogen and oxygen atoms in total. The molecule has 1 aromatic heterocycles. The molecule has 2 aliphatic rings. The second kappa shape index (κ2) is 13.7. The van der Waals surface area contributed by atoms with Gasteiger partial charge in [0.2, 0.25) is 0 Å². The van der Waals surface area contributed by atoms with Gasteiger partial charge in [0.05, 0.1) is 19.1 Å². The zero-order valence-electron chi connectivity index (χ0n) is 24.6. The van der Waals surface area contributed by atoms with Crippen molar-refractivity contribution in [3.05, 3.63) is 59.4 Å². The van der Waals surface area contributed by atoms with E-state index in [0.29, 0.717) is 24.6 Å². The van der Waals surface area contributed by atoms with Crippen molar-refractivity contribution in [1.82, 2.24) is 4.90 Å². The topological polar surface area (TPSA) is 75.0 Å². The Morgan fingerprint density at radius 1 is 1.10 bits per heavy atom. The molecule has 1 amide bonds. The predicted molar refractivity (Wildman–Crippen MR) is 168 cm³/mol. The third-order valence-corrected chi connectivity index (χ3v) is 9.44. The van der Waals surface area contributed by atoms with Crippen LogP contribution >= 0.6 is 11.8 Å². The first kappa shape index (κ1) is 29.4. The molecule has 5 rings (SSSR count). The summed E-state index contributed by atoms with van der Waals surface area (Å²) in [6.07, 6.45) is 6.31. The first-order chi connectivity index (χ1) is 19.9. The van der Waals surface area contributed by atoms with E-state index >= 15 is 0 Å². The lowest BCUT2D eigenvalue weighted by molar-refractivity contribution is -0.143. The van der Waals surface area contributed by atoms with Gasteiger partial charge in [0, 0.05) is 66.1 Å². The van der Waals surface area contributed by atoms with Crippen LogP contribution in [0.2, 0.25) is 0 Å². The van der Waals surface area contributed by atoms with Gasteiger partial charge in [0.25, 0.3) is 5.91 Å². The molecule has 1 aliphatic heterocycles. The molecule has 1 atom stereocenters. The highest BCUT2D eigenvalue weighted by atomic mass is 32.2. The maximum absolute atomic E-state index is 12.9. The molecule has 8 heteroatoms. The molecule has 1 unspecified atom stereocenters. The number of aryl methyl sites for hydroxylation is 1. The Bertz CT molecular complexity index is 1330. The molecule has 0 bridgehead atoms. The van der Waals surface area contributed by atoms with Crippen molar-refractivity contribution in [2.75, 3.05) is 55.0 Å². The third kappa shape index (κ3) is 7.03. The summed E-state index contributed by atoms with van der Waals surface area (Å²) in [5.74, 6) is 3.46. The number of rotatable bonds is 10. The van der Waals surface area contributed by atoms with Crippen LogP contribution in [-0.4, -0.2) is 61.6 Å². The Morgan fingerprint density at radius 2 is 1.83 bits per heavy atom. The fourth-order valence-electron chi connectivity index (χ4n) is 6.11. The minimum atomic E-state index is -0.289. The van der Waals surface area contributed by atoms with E-state index in [1.54, 1.807) is 18.9 Å². The van der Waals surface area contributed by atoms with E-state index in [-0.39, 0.29) is 24.3 Å². The van der Waals surface area contributed by atoms with Crippen molar-refractivity contribution in [1.29, 1.82) is 0 Å². The molecular formula is C33H43N3O4S. The van der Waals surface area contributed by atoms with Crippen molar-refractivity contribution >= 4 is 46.0 Å². The number of thioether (sulfide) groups is 1. The molecular weight excluding hydrogens is 534 g/mol. The van der Waals surface area contributed by atoms with Crippen LogP contribution in [0.3, 0.4) is 0 Å². The lowest BCUT2D eigenvalue weighted by atomic mass is 9.82. The highest BCUT2D eigenvalue weighted by Gasteiger charge is 2.30. The molecule has 0 spiro atoms. The average molecular weight is 578 g/mol. The minimum absolute atomic E-state index is 0.0614. The Balaban J connectivity index is 1.34. The molecule has 1 saturated carbocycles. The lowest BCUT2D eigenvalue weighted by Gasteiger charge is -2.31. The van der Waals surface area contributed by atoms with Crippen LogP contribution in [0.5, 0.6) is 0 Å². The Kier molecular flexibility index (Phi) is 9.80. The summed E-state index contributed by atoms with van der Waals surface area (Å²) in [7, 11) is 1.72. The number of anilines is 2. The van der Waals surface area contributed by atoms with E-state index in [9.17, 15) is 9.59 Å². The van der Waals surface area contributed by atoms with Crippen LogP contribution in [0.25, 0.3) is 11.0 Å². The summed E-state index contributed by atoms with van der Waals surface area (Å²) < 4.78 is 11.6. The van der Waals surface area contributed by atoms with Crippen molar-refractivity contribution in [3.8, 4) is 0 Å². The number of ether oxygens (including phenoxy) is 1. The smallest absolute Gasteiger partial charge is 0.307 e. The molecule has 1 aliphatic carbocycles. The maximum Gasteiger partial charge on any atom is 0.307 e. The van der Waals surface area contributed by atoms with E-state index in [4.69, 9.17) is 9.15 Å². The Morgan fingerprint density at radius 3 is 2.54 bits per heavy atom. The number of nitrogens with zero attached hydrogens (tertiary/aromatic N) is 2. The van der Waals surface area contributed by atoms with Gasteiger partial charge in [-0.15, -0.1) is 0 Å². The summed E-state index contributed by atoms with van der Waals surface area (Å²) in [6.45, 7) is 6.83. The number of benzene rings is 2. The monoisotopic (exact) mass is 577 g/mol. The molecule has 2 heterocycles. The van der Waals surface area contributed by atoms with Crippen molar-refractivity contribution in [3.63, 3.8) is 0 Å². The zero-order chi connectivity index (χ0) is 28.8. The third-order valence-electron chi connectivity index (χ3n) is 8.49. The van der Waals surface area contributed by atoms with Crippen molar-refractivity contribution < 1.29 is 18.7 Å². The van der Waals surface area contributed by atoms with Gasteiger partial charge in [0.15, 0.2) is 0 Å². The van der Waals surface area contributed by atoms with Crippen LogP contribution < -0.4 is 10.2 Å². The van der Waals surface area contributed by atoms with Gasteiger partial charge in [-0.2, -0.15) is 11.8 Å². The number of nitrogens with one attached hydrogen (secondary N) is 1. The van der Waals surface area contributed by atoms with Gasteiger partial charge < -0.3 is 24.3 Å². The number of amides is 1. The molecule has 2 fully saturated rings. The van der Waals surface area contributed by atoms with Crippen molar-refractivity contribution in [2.24, 2.45) is 5.92 Å². The SMILES string of the molecule is CCOC(=O)CCN(C)C(=O)c1ccc(NC(c2oc3ccc(N4CCSCC4)cc3c2C)C2CCCCC2)cc1. The molecule has 41 heavy (non-hydrogen) atoms. The first-order valence-electron chi connectivity index (χ1n) is 15.1. The van der Waals surface area contributed by atoms with E-state index < -0.39 is 0 Å². The fraction of sp³-hybridized carbons (Fsp3) is 0.515. The average Bonchev–Trinajstić information content (AvgIpc) is 3.34. The summed E-state index contributed by atoms with van der Waals surface area (Å²) in [4.78, 5) is 28.7. The number of esters is 1. The largest absolute Gasteiger partial charge is 0.466 e. The normalized spacial score (nSPS) is 16.9. The van der Waals surface area contributed by atoms with Gasteiger partial charge in [-0.3, -0.25) is 9.59 Å². The quantitative estimate of drug-likeness (QED) is 0.259. The van der Waals surface area contributed by atoms with Gasteiger partial charge in [-0.25, -0.2) is 0 Å². The van der Waals surface area contributed by atoms with Crippen LogP contribution in [0.1, 0.15) is 73.2 Å². The second-order valence-corrected chi connectivity index (χ2v) is 12.5. The van der Waals surface area contributed by atoms with Crippen LogP contribution in [0.4, 0.5) is 11.4 Å². The molecule has 1 N–H and O–H groups in total. The standard InChI is InChI=1S/C33H43N3O4S/c1-4-39-30(37)16-17-35(3)33(38)25-10-12-26(13-11-25)34-31(24-8-6-5-7-9-24)32-23(2)28-22-27(14-15-29(28)40-32)36-18-20-41-21-19-36/h10-15,22,24,31,34H,4-9,16-21H2,1-3H3. The zero-order valence-corrected chi connectivity index (χ0v) is 25.4. The first-order valence-corrected chi connectivity index (χ1v) is 16.2. The number of fused-ring (bicyclic) bond motifs is 1. The van der Waals surface area contributed by atoms with Crippen LogP contribution in [0, 0.1) is 12.8 Å². The molecule has 2 aromatic carbocycles. The maximum atomic E-state index is 12.9. The van der Waals surface area contributed by atoms with E-state index in [1.165, 1.54) is 60.2 Å². The van der Waals surface area contributed by atoms with Gasteiger partial charge in [0.1, 0.15) is 11.3 Å². The van der Waals surface area contributed by atoms with Gasteiger partial charge in [-0.1, -0.05) is 19.3 Å². The van der Waals surface area contributed by atoms with E-state index in [2.05, 4.69) is 35.3 Å². The Labute approximate surface area is 248 Å². The predicted octanol–water partition coefficient (Wildman–Crippen LogP) is 7.05. The number of furan rings is 1. The molecule has 220 valence electrons. The summed E-state index contributed by atoms with van der Waals surface area (Å²) >= 11 is 2.03. The lowest BCUT2D eigenvalue weighted by Crippen LogP contribution is -2.32. The highest BCUT2D eigenvalue weighted by Crippen LogP contribution is 2.41. The summed E-state index contributed by atoms with van der Waals surface area (Å²) in [6, 6.07) is 14.4. The van der Waals surface area contributed by atoms with E-state index in [0.717, 1.165) is 30.1 Å². The summed E-state index contributed by atoms with van der Waals surface area (Å²) in [5.41, 5.74) is 5.01. The molecule has 1 saturated heterocycles. The fourth-order valence-corrected chi connectivity index (χ4v) is 7.01. The summed E-state index contributed by atoms with van der Waals surface area (Å²) in [5, 5.41) is 5.00. The van der Waals surface area contributed by atoms with Gasteiger partial charge >= 0.3 is 5.97 Å². The van der Waals surface area contributed by atoms with E-state index in [1.807, 2.05) is 36.0 Å². The number of hydrogen-bond donors (Lipinski definition) is 1. The number of hydrogen-bond acceptors (Lipinski definition) is 7. The van der Waals surface area contributed by atoms with Crippen LogP contribution in [0.15, 0.2) is 46.9 Å². The second-order valence-electron chi connectivity index (χ2n) is 11.3. The number of carbonyl (C=O) groups excluding carboxylic acids is 2. The van der Waals surface area contributed by atoms with Gasteiger partial charge in [-0.05, 0) is 75.1 Å². The molecule has 3 aromatic rings. The Hall–Kier alpha value is -3.13. The molecule has 0 radical (unpaired) electrons.